The maximum absolute atomic E-state index is 2.43. The van der Waals surface area contributed by atoms with E-state index in [1.54, 1.807) is 5.57 Å². The fourth-order valence-electron chi connectivity index (χ4n) is 1.67. The molecular weight excluding hydrogens is 146 g/mol. The molecule has 0 fully saturated rings. The SMILES string of the molecule is CN1CCC=C(C(C)(C)C)CC1. The second kappa shape index (κ2) is 3.61. The first-order valence-electron chi connectivity index (χ1n) is 4.88. The van der Waals surface area contributed by atoms with Crippen molar-refractivity contribution in [2.45, 2.75) is 33.6 Å². The Morgan fingerprint density at radius 2 is 1.92 bits per heavy atom. The largest absolute Gasteiger partial charge is 0.306 e. The molecule has 0 saturated heterocycles. The normalized spacial score (nSPS) is 21.8. The second-order valence-corrected chi connectivity index (χ2v) is 4.82. The summed E-state index contributed by atoms with van der Waals surface area (Å²) in [5, 5.41) is 0. The van der Waals surface area contributed by atoms with Gasteiger partial charge in [-0.15, -0.1) is 0 Å². The maximum atomic E-state index is 2.43. The molecule has 0 aromatic heterocycles. The van der Waals surface area contributed by atoms with Crippen molar-refractivity contribution < 1.29 is 0 Å². The predicted molar refractivity (Wildman–Crippen MR) is 54.3 cm³/mol. The molecule has 12 heavy (non-hydrogen) atoms. The first-order chi connectivity index (χ1) is 5.50. The molecule has 70 valence electrons. The Labute approximate surface area is 76.5 Å². The minimum Gasteiger partial charge on any atom is -0.306 e. The van der Waals surface area contributed by atoms with E-state index in [2.05, 4.69) is 38.8 Å². The molecule has 0 atom stereocenters. The van der Waals surface area contributed by atoms with Gasteiger partial charge in [-0.05, 0) is 25.3 Å². The molecule has 0 amide bonds. The van der Waals surface area contributed by atoms with Crippen molar-refractivity contribution in [3.63, 3.8) is 0 Å². The Morgan fingerprint density at radius 1 is 1.25 bits per heavy atom. The molecule has 1 nitrogen and oxygen atoms in total. The van der Waals surface area contributed by atoms with Crippen molar-refractivity contribution in [1.82, 2.24) is 4.90 Å². The van der Waals surface area contributed by atoms with Crippen LogP contribution in [0, 0.1) is 5.41 Å². The van der Waals surface area contributed by atoms with E-state index in [-0.39, 0.29) is 0 Å². The zero-order valence-corrected chi connectivity index (χ0v) is 8.85. The molecule has 0 aromatic rings. The summed E-state index contributed by atoms with van der Waals surface area (Å²) >= 11 is 0. The van der Waals surface area contributed by atoms with Crippen LogP contribution >= 0.6 is 0 Å². The van der Waals surface area contributed by atoms with Crippen molar-refractivity contribution >= 4 is 0 Å². The fourth-order valence-corrected chi connectivity index (χ4v) is 1.67. The molecular formula is C11H21N. The molecule has 0 radical (unpaired) electrons. The molecule has 0 aromatic carbocycles. The van der Waals surface area contributed by atoms with E-state index >= 15 is 0 Å². The Morgan fingerprint density at radius 3 is 2.50 bits per heavy atom. The summed E-state index contributed by atoms with van der Waals surface area (Å²) in [6.07, 6.45) is 4.91. The van der Waals surface area contributed by atoms with Gasteiger partial charge in [-0.25, -0.2) is 0 Å². The molecule has 0 saturated carbocycles. The first kappa shape index (κ1) is 9.79. The molecule has 1 heteroatoms. The van der Waals surface area contributed by atoms with Crippen LogP contribution in [0.15, 0.2) is 11.6 Å². The summed E-state index contributed by atoms with van der Waals surface area (Å²) < 4.78 is 0. The third kappa shape index (κ3) is 2.63. The smallest absolute Gasteiger partial charge is 0.00159 e. The van der Waals surface area contributed by atoms with E-state index in [0.29, 0.717) is 5.41 Å². The third-order valence-corrected chi connectivity index (χ3v) is 2.63. The van der Waals surface area contributed by atoms with Crippen LogP contribution in [0.3, 0.4) is 0 Å². The van der Waals surface area contributed by atoms with Gasteiger partial charge in [0, 0.05) is 13.1 Å². The Hall–Kier alpha value is -0.300. The molecule has 1 aliphatic rings. The van der Waals surface area contributed by atoms with E-state index in [1.807, 2.05) is 0 Å². The van der Waals surface area contributed by atoms with Crippen molar-refractivity contribution in [2.24, 2.45) is 5.41 Å². The molecule has 0 bridgehead atoms. The van der Waals surface area contributed by atoms with Crippen LogP contribution in [0.4, 0.5) is 0 Å². The second-order valence-electron chi connectivity index (χ2n) is 4.82. The minimum atomic E-state index is 0.380. The summed E-state index contributed by atoms with van der Waals surface area (Å²) in [7, 11) is 2.21. The van der Waals surface area contributed by atoms with Crippen LogP contribution < -0.4 is 0 Å². The van der Waals surface area contributed by atoms with E-state index in [4.69, 9.17) is 0 Å². The number of hydrogen-bond acceptors (Lipinski definition) is 1. The van der Waals surface area contributed by atoms with Gasteiger partial charge >= 0.3 is 0 Å². The van der Waals surface area contributed by atoms with E-state index in [9.17, 15) is 0 Å². The lowest BCUT2D eigenvalue weighted by Gasteiger charge is -2.23. The zero-order chi connectivity index (χ0) is 9.19. The van der Waals surface area contributed by atoms with Gasteiger partial charge in [0.2, 0.25) is 0 Å². The topological polar surface area (TPSA) is 3.24 Å². The van der Waals surface area contributed by atoms with Gasteiger partial charge in [-0.1, -0.05) is 32.4 Å². The summed E-state index contributed by atoms with van der Waals surface area (Å²) in [6, 6.07) is 0. The van der Waals surface area contributed by atoms with Crippen molar-refractivity contribution in [1.29, 1.82) is 0 Å². The van der Waals surface area contributed by atoms with Gasteiger partial charge in [0.1, 0.15) is 0 Å². The Bertz CT molecular complexity index is 174. The first-order valence-corrected chi connectivity index (χ1v) is 4.88. The molecule has 1 rings (SSSR count). The highest BCUT2D eigenvalue weighted by Gasteiger charge is 2.18. The third-order valence-electron chi connectivity index (χ3n) is 2.63. The predicted octanol–water partition coefficient (Wildman–Crippen LogP) is 2.68. The number of nitrogens with zero attached hydrogens (tertiary/aromatic N) is 1. The van der Waals surface area contributed by atoms with Crippen LogP contribution in [0.2, 0.25) is 0 Å². The summed E-state index contributed by atoms with van der Waals surface area (Å²) in [5.74, 6) is 0. The highest BCUT2D eigenvalue weighted by molar-refractivity contribution is 5.12. The standard InChI is InChI=1S/C11H21N/c1-11(2,3)10-6-5-8-12(4)9-7-10/h6H,5,7-9H2,1-4H3. The number of hydrogen-bond donors (Lipinski definition) is 0. The minimum absolute atomic E-state index is 0.380. The monoisotopic (exact) mass is 167 g/mol. The molecule has 0 spiro atoms. The van der Waals surface area contributed by atoms with Crippen molar-refractivity contribution in [3.8, 4) is 0 Å². The van der Waals surface area contributed by atoms with Gasteiger partial charge in [0.15, 0.2) is 0 Å². The van der Waals surface area contributed by atoms with Crippen molar-refractivity contribution in [2.75, 3.05) is 20.1 Å². The van der Waals surface area contributed by atoms with Crippen LogP contribution in [0.1, 0.15) is 33.6 Å². The summed E-state index contributed by atoms with van der Waals surface area (Å²) in [5.41, 5.74) is 2.01. The van der Waals surface area contributed by atoms with Crippen LogP contribution in [0.5, 0.6) is 0 Å². The van der Waals surface area contributed by atoms with Gasteiger partial charge < -0.3 is 4.90 Å². The molecule has 0 N–H and O–H groups in total. The summed E-state index contributed by atoms with van der Waals surface area (Å²) in [6.45, 7) is 9.38. The molecule has 1 aliphatic heterocycles. The Kier molecular flexibility index (Phi) is 2.94. The van der Waals surface area contributed by atoms with E-state index < -0.39 is 0 Å². The highest BCUT2D eigenvalue weighted by atomic mass is 15.1. The van der Waals surface area contributed by atoms with Gasteiger partial charge in [0.05, 0.1) is 0 Å². The quantitative estimate of drug-likeness (QED) is 0.501. The molecule has 1 heterocycles. The van der Waals surface area contributed by atoms with Gasteiger partial charge in [-0.2, -0.15) is 0 Å². The maximum Gasteiger partial charge on any atom is 0.00159 e. The lowest BCUT2D eigenvalue weighted by molar-refractivity contribution is 0.345. The van der Waals surface area contributed by atoms with Crippen molar-refractivity contribution in [3.05, 3.63) is 11.6 Å². The summed E-state index contributed by atoms with van der Waals surface area (Å²) in [4.78, 5) is 2.41. The number of rotatable bonds is 0. The van der Waals surface area contributed by atoms with E-state index in [0.717, 1.165) is 0 Å². The average molecular weight is 167 g/mol. The zero-order valence-electron chi connectivity index (χ0n) is 8.85. The molecule has 0 unspecified atom stereocenters. The molecule has 0 aliphatic carbocycles. The van der Waals surface area contributed by atoms with Crippen LogP contribution in [0.25, 0.3) is 0 Å². The van der Waals surface area contributed by atoms with Gasteiger partial charge in [0.25, 0.3) is 0 Å². The lowest BCUT2D eigenvalue weighted by atomic mass is 9.84. The Balaban J connectivity index is 2.61. The lowest BCUT2D eigenvalue weighted by Crippen LogP contribution is -2.20. The fraction of sp³-hybridized carbons (Fsp3) is 0.818. The van der Waals surface area contributed by atoms with E-state index in [1.165, 1.54) is 25.9 Å². The average Bonchev–Trinajstić information content (AvgIpc) is 2.11. The highest BCUT2D eigenvalue weighted by Crippen LogP contribution is 2.29. The van der Waals surface area contributed by atoms with Gasteiger partial charge in [-0.3, -0.25) is 0 Å². The van der Waals surface area contributed by atoms with Crippen LogP contribution in [-0.4, -0.2) is 25.0 Å². The van der Waals surface area contributed by atoms with Crippen LogP contribution in [-0.2, 0) is 0 Å².